The minimum Gasteiger partial charge on any atom is -0.478 e. The highest BCUT2D eigenvalue weighted by Crippen LogP contribution is 2.25. The summed E-state index contributed by atoms with van der Waals surface area (Å²) < 4.78 is 13.6. The summed E-state index contributed by atoms with van der Waals surface area (Å²) in [6.07, 6.45) is 3.06. The highest BCUT2D eigenvalue weighted by molar-refractivity contribution is 5.95. The van der Waals surface area contributed by atoms with Crippen molar-refractivity contribution in [2.24, 2.45) is 11.7 Å². The Morgan fingerprint density at radius 2 is 2.10 bits per heavy atom. The highest BCUT2D eigenvalue weighted by atomic mass is 19.1. The molecule has 2 rings (SSSR count). The molecule has 0 spiro atoms. The topological polar surface area (TPSA) is 92.4 Å². The third-order valence-corrected chi connectivity index (χ3v) is 3.56. The van der Waals surface area contributed by atoms with Crippen molar-refractivity contribution >= 4 is 17.6 Å². The minimum atomic E-state index is -1.17. The monoisotopic (exact) mass is 280 g/mol. The number of nitrogens with one attached hydrogen (secondary N) is 1. The summed E-state index contributed by atoms with van der Waals surface area (Å²) in [7, 11) is 0. The standard InChI is InChI=1S/C14H17FN2O3/c15-11-5-4-9(14(19)20)7-12(11)17-13(18)8-2-1-3-10(16)6-8/h4-5,7-8,10H,1-3,6,16H2,(H,17,18)(H,19,20). The van der Waals surface area contributed by atoms with Crippen LogP contribution in [-0.4, -0.2) is 23.0 Å². The van der Waals surface area contributed by atoms with Gasteiger partial charge in [-0.25, -0.2) is 9.18 Å². The Morgan fingerprint density at radius 3 is 2.75 bits per heavy atom. The maximum Gasteiger partial charge on any atom is 0.335 e. The van der Waals surface area contributed by atoms with Crippen molar-refractivity contribution in [1.82, 2.24) is 0 Å². The van der Waals surface area contributed by atoms with Gasteiger partial charge >= 0.3 is 5.97 Å². The number of carbonyl (C=O) groups excluding carboxylic acids is 1. The Kier molecular flexibility index (Phi) is 4.34. The maximum absolute atomic E-state index is 13.6. The molecule has 1 aromatic rings. The van der Waals surface area contributed by atoms with E-state index in [1.165, 1.54) is 0 Å². The number of carbonyl (C=O) groups is 2. The molecule has 1 aliphatic rings. The van der Waals surface area contributed by atoms with Crippen molar-refractivity contribution in [3.8, 4) is 0 Å². The molecular formula is C14H17FN2O3. The van der Waals surface area contributed by atoms with Gasteiger partial charge in [-0.05, 0) is 37.5 Å². The zero-order chi connectivity index (χ0) is 14.7. The summed E-state index contributed by atoms with van der Waals surface area (Å²) >= 11 is 0. The molecule has 1 fully saturated rings. The van der Waals surface area contributed by atoms with Crippen LogP contribution in [0.15, 0.2) is 18.2 Å². The predicted molar refractivity (Wildman–Crippen MR) is 71.9 cm³/mol. The number of hydrogen-bond acceptors (Lipinski definition) is 3. The summed E-state index contributed by atoms with van der Waals surface area (Å²) in [5.74, 6) is -2.36. The average molecular weight is 280 g/mol. The van der Waals surface area contributed by atoms with Gasteiger partial charge in [0.05, 0.1) is 11.3 Å². The molecule has 5 nitrogen and oxygen atoms in total. The van der Waals surface area contributed by atoms with Gasteiger partial charge in [-0.3, -0.25) is 4.79 Å². The van der Waals surface area contributed by atoms with Crippen LogP contribution in [0.1, 0.15) is 36.0 Å². The van der Waals surface area contributed by atoms with Crippen LogP contribution >= 0.6 is 0 Å². The fourth-order valence-corrected chi connectivity index (χ4v) is 2.45. The third kappa shape index (κ3) is 3.33. The van der Waals surface area contributed by atoms with Crippen LogP contribution in [0.5, 0.6) is 0 Å². The molecule has 0 bridgehead atoms. The third-order valence-electron chi connectivity index (χ3n) is 3.56. The summed E-state index contributed by atoms with van der Waals surface area (Å²) in [5.41, 5.74) is 5.65. The van der Waals surface area contributed by atoms with Crippen LogP contribution in [0.25, 0.3) is 0 Å². The molecule has 20 heavy (non-hydrogen) atoms. The molecule has 0 saturated heterocycles. The lowest BCUT2D eigenvalue weighted by atomic mass is 9.85. The first-order valence-electron chi connectivity index (χ1n) is 6.56. The number of amides is 1. The quantitative estimate of drug-likeness (QED) is 0.789. The van der Waals surface area contributed by atoms with Crippen LogP contribution in [-0.2, 0) is 4.79 Å². The van der Waals surface area contributed by atoms with Gasteiger partial charge < -0.3 is 16.2 Å². The lowest BCUT2D eigenvalue weighted by Gasteiger charge is -2.25. The summed E-state index contributed by atoms with van der Waals surface area (Å²) in [4.78, 5) is 22.9. The van der Waals surface area contributed by atoms with Crippen LogP contribution in [0.3, 0.4) is 0 Å². The Balaban J connectivity index is 2.10. The van der Waals surface area contributed by atoms with E-state index in [1.807, 2.05) is 0 Å². The van der Waals surface area contributed by atoms with E-state index in [2.05, 4.69) is 5.32 Å². The first-order chi connectivity index (χ1) is 9.47. The number of rotatable bonds is 3. The predicted octanol–water partition coefficient (Wildman–Crippen LogP) is 1.98. The molecule has 108 valence electrons. The van der Waals surface area contributed by atoms with Gasteiger partial charge in [-0.2, -0.15) is 0 Å². The molecule has 2 unspecified atom stereocenters. The molecule has 1 aromatic carbocycles. The van der Waals surface area contributed by atoms with Gasteiger partial charge in [0.15, 0.2) is 0 Å². The first kappa shape index (κ1) is 14.5. The van der Waals surface area contributed by atoms with Gasteiger partial charge in [0.25, 0.3) is 0 Å². The van der Waals surface area contributed by atoms with E-state index in [0.717, 1.165) is 37.5 Å². The van der Waals surface area contributed by atoms with Crippen molar-refractivity contribution in [3.63, 3.8) is 0 Å². The lowest BCUT2D eigenvalue weighted by Crippen LogP contribution is -2.34. The number of carboxylic acid groups (broad SMARTS) is 1. The van der Waals surface area contributed by atoms with Crippen molar-refractivity contribution in [2.45, 2.75) is 31.7 Å². The van der Waals surface area contributed by atoms with Crippen molar-refractivity contribution in [1.29, 1.82) is 0 Å². The second-order valence-electron chi connectivity index (χ2n) is 5.11. The SMILES string of the molecule is NC1CCCC(C(=O)Nc2cc(C(=O)O)ccc2F)C1. The second-order valence-corrected chi connectivity index (χ2v) is 5.11. The molecule has 1 saturated carbocycles. The molecule has 0 heterocycles. The van der Waals surface area contributed by atoms with Crippen molar-refractivity contribution in [3.05, 3.63) is 29.6 Å². The summed E-state index contributed by atoms with van der Waals surface area (Å²) in [6.45, 7) is 0. The average Bonchev–Trinajstić information content (AvgIpc) is 2.41. The van der Waals surface area contributed by atoms with Crippen LogP contribution < -0.4 is 11.1 Å². The van der Waals surface area contributed by atoms with Gasteiger partial charge in [-0.1, -0.05) is 6.42 Å². The summed E-state index contributed by atoms with van der Waals surface area (Å²) in [6, 6.07) is 3.31. The number of carboxylic acids is 1. The number of anilines is 1. The molecule has 2 atom stereocenters. The minimum absolute atomic E-state index is 0.00491. The number of halogens is 1. The Morgan fingerprint density at radius 1 is 1.35 bits per heavy atom. The smallest absolute Gasteiger partial charge is 0.335 e. The van der Waals surface area contributed by atoms with Crippen molar-refractivity contribution < 1.29 is 19.1 Å². The second kappa shape index (κ2) is 6.00. The number of hydrogen-bond donors (Lipinski definition) is 3. The van der Waals surface area contributed by atoms with E-state index in [9.17, 15) is 14.0 Å². The van der Waals surface area contributed by atoms with E-state index in [1.54, 1.807) is 0 Å². The van der Waals surface area contributed by atoms with Crippen LogP contribution in [0.4, 0.5) is 10.1 Å². The van der Waals surface area contributed by atoms with Gasteiger partial charge in [-0.15, -0.1) is 0 Å². The lowest BCUT2D eigenvalue weighted by molar-refractivity contribution is -0.120. The fourth-order valence-electron chi connectivity index (χ4n) is 2.45. The maximum atomic E-state index is 13.6. The first-order valence-corrected chi connectivity index (χ1v) is 6.56. The molecule has 4 N–H and O–H groups in total. The molecule has 0 aliphatic heterocycles. The zero-order valence-corrected chi connectivity index (χ0v) is 10.9. The molecule has 0 aromatic heterocycles. The molecular weight excluding hydrogens is 263 g/mol. The molecule has 0 radical (unpaired) electrons. The molecule has 1 amide bonds. The highest BCUT2D eigenvalue weighted by Gasteiger charge is 2.26. The van der Waals surface area contributed by atoms with Gasteiger partial charge in [0, 0.05) is 12.0 Å². The van der Waals surface area contributed by atoms with E-state index >= 15 is 0 Å². The molecule has 6 heteroatoms. The van der Waals surface area contributed by atoms with Crippen LogP contribution in [0, 0.1) is 11.7 Å². The normalized spacial score (nSPS) is 22.3. The fraction of sp³-hybridized carbons (Fsp3) is 0.429. The Bertz CT molecular complexity index is 533. The van der Waals surface area contributed by atoms with E-state index in [-0.39, 0.29) is 29.1 Å². The number of benzene rings is 1. The van der Waals surface area contributed by atoms with Crippen LogP contribution in [0.2, 0.25) is 0 Å². The van der Waals surface area contributed by atoms with E-state index < -0.39 is 11.8 Å². The summed E-state index contributed by atoms with van der Waals surface area (Å²) in [5, 5.41) is 11.3. The largest absolute Gasteiger partial charge is 0.478 e. The Labute approximate surface area is 116 Å². The molecule has 1 aliphatic carbocycles. The van der Waals surface area contributed by atoms with Crippen molar-refractivity contribution in [2.75, 3.05) is 5.32 Å². The van der Waals surface area contributed by atoms with Gasteiger partial charge in [0.2, 0.25) is 5.91 Å². The number of aromatic carboxylic acids is 1. The van der Waals surface area contributed by atoms with Gasteiger partial charge in [0.1, 0.15) is 5.82 Å². The van der Waals surface area contributed by atoms with E-state index in [4.69, 9.17) is 10.8 Å². The zero-order valence-electron chi connectivity index (χ0n) is 10.9. The number of nitrogens with two attached hydrogens (primary N) is 1. The Hall–Kier alpha value is -1.95. The van der Waals surface area contributed by atoms with E-state index in [0.29, 0.717) is 6.42 Å².